The Bertz CT molecular complexity index is 617. The summed E-state index contributed by atoms with van der Waals surface area (Å²) in [7, 11) is 0. The van der Waals surface area contributed by atoms with Crippen LogP contribution in [0.2, 0.25) is 0 Å². The molecule has 0 radical (unpaired) electrons. The number of rotatable bonds is 9. The second-order valence-corrected chi connectivity index (χ2v) is 7.89. The number of aliphatic hydroxyl groups excluding tert-OH is 1. The molecule has 0 amide bonds. The highest BCUT2D eigenvalue weighted by atomic mass is 16.5. The number of hydrogen-bond donors (Lipinski definition) is 1. The molecule has 0 aliphatic heterocycles. The molecule has 154 valence electrons. The topological polar surface area (TPSA) is 29.5 Å². The molecule has 1 saturated carbocycles. The predicted molar refractivity (Wildman–Crippen MR) is 119 cm³/mol. The molecule has 3 rings (SSSR count). The summed E-state index contributed by atoms with van der Waals surface area (Å²) in [4.78, 5) is 0. The highest BCUT2D eigenvalue weighted by Crippen LogP contribution is 2.20. The van der Waals surface area contributed by atoms with E-state index in [1.165, 1.54) is 55.2 Å². The van der Waals surface area contributed by atoms with E-state index in [4.69, 9.17) is 9.84 Å². The number of aryl methyl sites for hydroxylation is 2. The molecule has 0 spiro atoms. The molecule has 0 heterocycles. The van der Waals surface area contributed by atoms with Crippen LogP contribution in [0.3, 0.4) is 0 Å². The van der Waals surface area contributed by atoms with Crippen LogP contribution in [0.5, 0.6) is 0 Å². The van der Waals surface area contributed by atoms with Crippen molar-refractivity contribution in [2.75, 3.05) is 13.2 Å². The summed E-state index contributed by atoms with van der Waals surface area (Å²) in [5.74, 6) is 0. The van der Waals surface area contributed by atoms with Crippen LogP contribution in [0.25, 0.3) is 0 Å². The van der Waals surface area contributed by atoms with Crippen LogP contribution in [0, 0.1) is 6.92 Å². The molecular formula is C26H38O2. The van der Waals surface area contributed by atoms with Crippen LogP contribution in [-0.4, -0.2) is 24.4 Å². The van der Waals surface area contributed by atoms with Crippen molar-refractivity contribution in [2.24, 2.45) is 0 Å². The van der Waals surface area contributed by atoms with Crippen molar-refractivity contribution in [3.8, 4) is 0 Å². The van der Waals surface area contributed by atoms with Gasteiger partial charge in [0, 0.05) is 6.61 Å². The molecule has 2 aromatic carbocycles. The summed E-state index contributed by atoms with van der Waals surface area (Å²) in [6, 6.07) is 19.2. The summed E-state index contributed by atoms with van der Waals surface area (Å²) in [5, 5.41) is 8.61. The Labute approximate surface area is 172 Å². The van der Waals surface area contributed by atoms with Crippen molar-refractivity contribution in [1.82, 2.24) is 0 Å². The van der Waals surface area contributed by atoms with Crippen LogP contribution < -0.4 is 0 Å². The molecule has 2 nitrogen and oxygen atoms in total. The monoisotopic (exact) mass is 382 g/mol. The molecular weight excluding hydrogens is 344 g/mol. The Kier molecular flexibility index (Phi) is 11.6. The predicted octanol–water partition coefficient (Wildman–Crippen LogP) is 6.28. The fourth-order valence-electron chi connectivity index (χ4n) is 3.71. The molecule has 0 atom stereocenters. The summed E-state index contributed by atoms with van der Waals surface area (Å²) in [6.07, 6.45) is 12.6. The molecule has 2 aromatic rings. The van der Waals surface area contributed by atoms with Gasteiger partial charge in [0.25, 0.3) is 0 Å². The van der Waals surface area contributed by atoms with Gasteiger partial charge in [-0.05, 0) is 56.6 Å². The summed E-state index contributed by atoms with van der Waals surface area (Å²) in [5.41, 5.74) is 4.13. The SMILES string of the molecule is Cc1cccc(CCCCCO)c1.c1ccc(CCOC2CCCCC2)cc1. The van der Waals surface area contributed by atoms with Crippen LogP contribution in [0.1, 0.15) is 68.1 Å². The summed E-state index contributed by atoms with van der Waals surface area (Å²) >= 11 is 0. The Morgan fingerprint density at radius 1 is 0.821 bits per heavy atom. The lowest BCUT2D eigenvalue weighted by atomic mass is 9.98. The quantitative estimate of drug-likeness (QED) is 0.517. The van der Waals surface area contributed by atoms with Crippen LogP contribution in [0.4, 0.5) is 0 Å². The maximum absolute atomic E-state index is 8.61. The van der Waals surface area contributed by atoms with Gasteiger partial charge in [0.2, 0.25) is 0 Å². The van der Waals surface area contributed by atoms with Gasteiger partial charge in [-0.25, -0.2) is 0 Å². The van der Waals surface area contributed by atoms with Gasteiger partial charge >= 0.3 is 0 Å². The average molecular weight is 383 g/mol. The van der Waals surface area contributed by atoms with Crippen molar-refractivity contribution >= 4 is 0 Å². The number of hydrogen-bond acceptors (Lipinski definition) is 2. The summed E-state index contributed by atoms with van der Waals surface area (Å²) < 4.78 is 5.89. The minimum atomic E-state index is 0.327. The molecule has 1 aliphatic rings. The van der Waals surface area contributed by atoms with Crippen LogP contribution in [-0.2, 0) is 17.6 Å². The normalized spacial score (nSPS) is 14.4. The van der Waals surface area contributed by atoms with Crippen LogP contribution in [0.15, 0.2) is 54.6 Å². The fraction of sp³-hybridized carbons (Fsp3) is 0.538. The van der Waals surface area contributed by atoms with E-state index in [-0.39, 0.29) is 0 Å². The molecule has 1 aliphatic carbocycles. The zero-order valence-electron chi connectivity index (χ0n) is 17.6. The van der Waals surface area contributed by atoms with E-state index >= 15 is 0 Å². The number of aliphatic hydroxyl groups is 1. The van der Waals surface area contributed by atoms with Crippen molar-refractivity contribution in [1.29, 1.82) is 0 Å². The Morgan fingerprint density at radius 3 is 2.29 bits per heavy atom. The Balaban J connectivity index is 0.000000203. The van der Waals surface area contributed by atoms with Gasteiger partial charge in [0.15, 0.2) is 0 Å². The third-order valence-corrected chi connectivity index (χ3v) is 5.35. The second kappa shape index (κ2) is 14.4. The van der Waals surface area contributed by atoms with Gasteiger partial charge in [-0.2, -0.15) is 0 Å². The first-order valence-electron chi connectivity index (χ1n) is 11.1. The largest absolute Gasteiger partial charge is 0.396 e. The van der Waals surface area contributed by atoms with E-state index in [0.29, 0.717) is 12.7 Å². The third kappa shape index (κ3) is 10.1. The lowest BCUT2D eigenvalue weighted by Crippen LogP contribution is -2.17. The Morgan fingerprint density at radius 2 is 1.57 bits per heavy atom. The van der Waals surface area contributed by atoms with E-state index in [2.05, 4.69) is 61.5 Å². The van der Waals surface area contributed by atoms with Gasteiger partial charge < -0.3 is 9.84 Å². The van der Waals surface area contributed by atoms with Crippen molar-refractivity contribution in [3.05, 3.63) is 71.3 Å². The van der Waals surface area contributed by atoms with E-state index in [1.807, 2.05) is 0 Å². The number of benzene rings is 2. The molecule has 0 bridgehead atoms. The molecule has 1 fully saturated rings. The lowest BCUT2D eigenvalue weighted by molar-refractivity contribution is 0.0303. The molecule has 28 heavy (non-hydrogen) atoms. The molecule has 0 aromatic heterocycles. The van der Waals surface area contributed by atoms with E-state index in [0.717, 1.165) is 32.3 Å². The first-order valence-corrected chi connectivity index (χ1v) is 11.1. The van der Waals surface area contributed by atoms with Crippen molar-refractivity contribution < 1.29 is 9.84 Å². The highest BCUT2D eigenvalue weighted by molar-refractivity contribution is 5.22. The average Bonchev–Trinajstić information content (AvgIpc) is 2.73. The molecule has 1 N–H and O–H groups in total. The highest BCUT2D eigenvalue weighted by Gasteiger charge is 2.12. The minimum absolute atomic E-state index is 0.327. The number of unbranched alkanes of at least 4 members (excludes halogenated alkanes) is 2. The zero-order chi connectivity index (χ0) is 19.9. The van der Waals surface area contributed by atoms with Gasteiger partial charge in [0.05, 0.1) is 12.7 Å². The van der Waals surface area contributed by atoms with E-state index < -0.39 is 0 Å². The smallest absolute Gasteiger partial charge is 0.0575 e. The second-order valence-electron chi connectivity index (χ2n) is 7.89. The maximum atomic E-state index is 8.61. The Hall–Kier alpha value is -1.64. The summed E-state index contributed by atoms with van der Waals surface area (Å²) in [6.45, 7) is 3.33. The fourth-order valence-corrected chi connectivity index (χ4v) is 3.71. The molecule has 0 unspecified atom stereocenters. The lowest BCUT2D eigenvalue weighted by Gasteiger charge is -2.21. The van der Waals surface area contributed by atoms with E-state index in [9.17, 15) is 0 Å². The maximum Gasteiger partial charge on any atom is 0.0575 e. The van der Waals surface area contributed by atoms with E-state index in [1.54, 1.807) is 0 Å². The van der Waals surface area contributed by atoms with Gasteiger partial charge in [-0.15, -0.1) is 0 Å². The standard InChI is InChI=1S/C14H20O.C12H18O/c1-3-7-13(8-4-1)11-12-15-14-9-5-2-6-10-14;1-11-6-5-8-12(10-11)7-3-2-4-9-13/h1,3-4,7-8,14H,2,5-6,9-12H2;5-6,8,10,13H,2-4,7,9H2,1H3. The van der Waals surface area contributed by atoms with Crippen LogP contribution >= 0.6 is 0 Å². The number of ether oxygens (including phenoxy) is 1. The van der Waals surface area contributed by atoms with Gasteiger partial charge in [-0.3, -0.25) is 0 Å². The van der Waals surface area contributed by atoms with Gasteiger partial charge in [-0.1, -0.05) is 85.8 Å². The minimum Gasteiger partial charge on any atom is -0.396 e. The third-order valence-electron chi connectivity index (χ3n) is 5.35. The van der Waals surface area contributed by atoms with Crippen molar-refractivity contribution in [3.63, 3.8) is 0 Å². The first kappa shape index (κ1) is 22.6. The van der Waals surface area contributed by atoms with Crippen molar-refractivity contribution in [2.45, 2.75) is 77.2 Å². The first-order chi connectivity index (χ1) is 13.8. The molecule has 2 heteroatoms. The van der Waals surface area contributed by atoms with Gasteiger partial charge in [0.1, 0.15) is 0 Å². The molecule has 0 saturated heterocycles. The zero-order valence-corrected chi connectivity index (χ0v) is 17.6.